The van der Waals surface area contributed by atoms with E-state index in [1.165, 1.54) is 0 Å². The monoisotopic (exact) mass is 424 g/mol. The van der Waals surface area contributed by atoms with Crippen LogP contribution in [0.4, 0.5) is 5.69 Å². The maximum absolute atomic E-state index is 13.3. The molecule has 1 aromatic heterocycles. The number of ether oxygens (including phenoxy) is 1. The van der Waals surface area contributed by atoms with Crippen molar-refractivity contribution >= 4 is 23.5 Å². The van der Waals surface area contributed by atoms with E-state index >= 15 is 0 Å². The maximum atomic E-state index is 13.3. The van der Waals surface area contributed by atoms with Crippen molar-refractivity contribution in [1.82, 2.24) is 14.7 Å². The van der Waals surface area contributed by atoms with Crippen LogP contribution in [0.2, 0.25) is 0 Å². The summed E-state index contributed by atoms with van der Waals surface area (Å²) in [5, 5.41) is 4.32. The Morgan fingerprint density at radius 3 is 2.55 bits per heavy atom. The van der Waals surface area contributed by atoms with Crippen molar-refractivity contribution < 1.29 is 19.1 Å². The van der Waals surface area contributed by atoms with E-state index in [1.54, 1.807) is 27.5 Å². The smallest absolute Gasteiger partial charge is 0.358 e. The summed E-state index contributed by atoms with van der Waals surface area (Å²) in [7, 11) is 0. The number of hydrogen-bond donors (Lipinski definition) is 0. The number of benzene rings is 1. The van der Waals surface area contributed by atoms with Gasteiger partial charge < -0.3 is 14.5 Å². The molecule has 1 aromatic carbocycles. The van der Waals surface area contributed by atoms with E-state index < -0.39 is 11.9 Å². The second-order valence-electron chi connectivity index (χ2n) is 8.42. The molecule has 0 bridgehead atoms. The quantitative estimate of drug-likeness (QED) is 0.556. The Balaban J connectivity index is 1.51. The summed E-state index contributed by atoms with van der Waals surface area (Å²) in [6, 6.07) is 7.57. The fraction of sp³-hybridized carbons (Fsp3) is 0.478. The lowest BCUT2D eigenvalue weighted by Crippen LogP contribution is -2.48. The van der Waals surface area contributed by atoms with Crippen molar-refractivity contribution in [1.29, 1.82) is 0 Å². The fourth-order valence-corrected chi connectivity index (χ4v) is 4.49. The third-order valence-electron chi connectivity index (χ3n) is 5.95. The molecule has 0 radical (unpaired) electrons. The second kappa shape index (κ2) is 8.17. The summed E-state index contributed by atoms with van der Waals surface area (Å²) in [6.07, 6.45) is 0.501. The van der Waals surface area contributed by atoms with Gasteiger partial charge in [-0.2, -0.15) is 5.10 Å². The molecule has 1 saturated heterocycles. The number of carbonyl (C=O) groups excluding carboxylic acids is 3. The minimum Gasteiger partial charge on any atom is -0.461 e. The molecule has 3 heterocycles. The highest BCUT2D eigenvalue weighted by molar-refractivity contribution is 6.09. The molecular weight excluding hydrogens is 396 g/mol. The molecule has 2 aliphatic rings. The van der Waals surface area contributed by atoms with Crippen LogP contribution in [0, 0.1) is 19.8 Å². The van der Waals surface area contributed by atoms with Crippen LogP contribution >= 0.6 is 0 Å². The predicted molar refractivity (Wildman–Crippen MR) is 115 cm³/mol. The number of anilines is 1. The molecule has 0 spiro atoms. The SMILES string of the molecule is CCOC(=O)c1cc2n(n1)CC(C)N(C(=O)C1CCN(c3cc(C)cc(C)c3)C1=O)C2. The third-order valence-corrected chi connectivity index (χ3v) is 5.95. The average Bonchev–Trinajstić information content (AvgIpc) is 3.29. The van der Waals surface area contributed by atoms with E-state index in [0.29, 0.717) is 26.1 Å². The van der Waals surface area contributed by atoms with Gasteiger partial charge in [0.05, 0.1) is 25.4 Å². The molecule has 0 aliphatic carbocycles. The molecule has 0 N–H and O–H groups in total. The lowest BCUT2D eigenvalue weighted by molar-refractivity contribution is -0.143. The van der Waals surface area contributed by atoms with Crippen LogP contribution in [0.25, 0.3) is 0 Å². The summed E-state index contributed by atoms with van der Waals surface area (Å²) >= 11 is 0. The van der Waals surface area contributed by atoms with Crippen molar-refractivity contribution in [3.63, 3.8) is 0 Å². The van der Waals surface area contributed by atoms with Crippen molar-refractivity contribution in [2.75, 3.05) is 18.1 Å². The summed E-state index contributed by atoms with van der Waals surface area (Å²) < 4.78 is 6.78. The summed E-state index contributed by atoms with van der Waals surface area (Å²) in [5.41, 5.74) is 4.05. The minimum atomic E-state index is -0.678. The molecule has 2 atom stereocenters. The number of aromatic nitrogens is 2. The zero-order valence-electron chi connectivity index (χ0n) is 18.4. The van der Waals surface area contributed by atoms with Crippen molar-refractivity contribution in [2.45, 2.75) is 53.2 Å². The van der Waals surface area contributed by atoms with Crippen LogP contribution in [0.5, 0.6) is 0 Å². The molecule has 2 unspecified atom stereocenters. The zero-order chi connectivity index (χ0) is 22.3. The Morgan fingerprint density at radius 1 is 1.16 bits per heavy atom. The highest BCUT2D eigenvalue weighted by Gasteiger charge is 2.42. The number of fused-ring (bicyclic) bond motifs is 1. The van der Waals surface area contributed by atoms with Gasteiger partial charge in [0.25, 0.3) is 0 Å². The van der Waals surface area contributed by atoms with E-state index in [4.69, 9.17) is 4.74 Å². The number of nitrogens with zero attached hydrogens (tertiary/aromatic N) is 4. The van der Waals surface area contributed by atoms with Crippen LogP contribution in [-0.4, -0.2) is 51.7 Å². The molecule has 4 rings (SSSR count). The molecule has 8 heteroatoms. The summed E-state index contributed by atoms with van der Waals surface area (Å²) in [5.74, 6) is -1.45. The van der Waals surface area contributed by atoms with Crippen LogP contribution in [-0.2, 0) is 27.4 Å². The van der Waals surface area contributed by atoms with Gasteiger partial charge in [-0.05, 0) is 63.4 Å². The Hall–Kier alpha value is -3.16. The molecular formula is C23H28N4O4. The lowest BCUT2D eigenvalue weighted by atomic mass is 10.0. The van der Waals surface area contributed by atoms with E-state index in [2.05, 4.69) is 11.2 Å². The minimum absolute atomic E-state index is 0.127. The van der Waals surface area contributed by atoms with Gasteiger partial charge in [0.1, 0.15) is 5.92 Å². The van der Waals surface area contributed by atoms with E-state index in [0.717, 1.165) is 22.5 Å². The Labute approximate surface area is 181 Å². The number of carbonyl (C=O) groups is 3. The van der Waals surface area contributed by atoms with Crippen LogP contribution in [0.1, 0.15) is 47.6 Å². The number of esters is 1. The van der Waals surface area contributed by atoms with Crippen molar-refractivity contribution in [3.8, 4) is 0 Å². The first-order chi connectivity index (χ1) is 14.8. The van der Waals surface area contributed by atoms with Gasteiger partial charge in [0.2, 0.25) is 11.8 Å². The zero-order valence-corrected chi connectivity index (χ0v) is 18.4. The number of rotatable bonds is 4. The molecule has 31 heavy (non-hydrogen) atoms. The van der Waals surface area contributed by atoms with Crippen LogP contribution < -0.4 is 4.90 Å². The van der Waals surface area contributed by atoms with E-state index in [1.807, 2.05) is 32.9 Å². The normalized spacial score (nSPS) is 20.7. The average molecular weight is 425 g/mol. The second-order valence-corrected chi connectivity index (χ2v) is 8.42. The number of aryl methyl sites for hydroxylation is 2. The third kappa shape index (κ3) is 3.94. The van der Waals surface area contributed by atoms with Gasteiger partial charge in [-0.15, -0.1) is 0 Å². The van der Waals surface area contributed by atoms with Crippen molar-refractivity contribution in [3.05, 3.63) is 46.8 Å². The Morgan fingerprint density at radius 2 is 1.87 bits per heavy atom. The highest BCUT2D eigenvalue weighted by Crippen LogP contribution is 2.30. The molecule has 1 fully saturated rings. The molecule has 0 saturated carbocycles. The largest absolute Gasteiger partial charge is 0.461 e. The highest BCUT2D eigenvalue weighted by atomic mass is 16.5. The van der Waals surface area contributed by atoms with Crippen LogP contribution in [0.15, 0.2) is 24.3 Å². The van der Waals surface area contributed by atoms with Gasteiger partial charge in [-0.3, -0.25) is 14.3 Å². The first-order valence-electron chi connectivity index (χ1n) is 10.7. The number of hydrogen-bond acceptors (Lipinski definition) is 5. The summed E-state index contributed by atoms with van der Waals surface area (Å²) in [4.78, 5) is 41.9. The molecule has 2 aromatic rings. The standard InChI is InChI=1S/C23H28N4O4/c1-5-31-23(30)20-11-18-13-26(16(4)12-27(18)24-20)22(29)19-6-7-25(21(19)28)17-9-14(2)8-15(3)10-17/h8-11,16,19H,5-7,12-13H2,1-4H3. The van der Waals surface area contributed by atoms with Gasteiger partial charge >= 0.3 is 5.97 Å². The molecule has 2 aliphatic heterocycles. The maximum Gasteiger partial charge on any atom is 0.358 e. The Kier molecular flexibility index (Phi) is 5.56. The van der Waals surface area contributed by atoms with E-state index in [-0.39, 0.29) is 30.2 Å². The topological polar surface area (TPSA) is 84.7 Å². The first-order valence-corrected chi connectivity index (χ1v) is 10.7. The van der Waals surface area contributed by atoms with Crippen molar-refractivity contribution in [2.24, 2.45) is 5.92 Å². The molecule has 8 nitrogen and oxygen atoms in total. The molecule has 2 amide bonds. The van der Waals surface area contributed by atoms with Crippen LogP contribution in [0.3, 0.4) is 0 Å². The summed E-state index contributed by atoms with van der Waals surface area (Å²) in [6.45, 7) is 9.30. The van der Waals surface area contributed by atoms with Gasteiger partial charge in [0.15, 0.2) is 5.69 Å². The number of amides is 2. The van der Waals surface area contributed by atoms with E-state index in [9.17, 15) is 14.4 Å². The van der Waals surface area contributed by atoms with Gasteiger partial charge in [-0.1, -0.05) is 6.07 Å². The lowest BCUT2D eigenvalue weighted by Gasteiger charge is -2.35. The van der Waals surface area contributed by atoms with Gasteiger partial charge in [0, 0.05) is 18.3 Å². The Bertz CT molecular complexity index is 1020. The predicted octanol–water partition coefficient (Wildman–Crippen LogP) is 2.46. The van der Waals surface area contributed by atoms with Gasteiger partial charge in [-0.25, -0.2) is 4.79 Å². The molecule has 164 valence electrons. The first kappa shape index (κ1) is 21.1. The fourth-order valence-electron chi connectivity index (χ4n) is 4.49.